The van der Waals surface area contributed by atoms with E-state index in [-0.39, 0.29) is 0 Å². The fourth-order valence-corrected chi connectivity index (χ4v) is 5.87. The molecular weight excluding hydrogens is 550 g/mol. The van der Waals surface area contributed by atoms with Gasteiger partial charge >= 0.3 is 0 Å². The van der Waals surface area contributed by atoms with E-state index in [1.165, 1.54) is 128 Å². The van der Waals surface area contributed by atoms with Crippen molar-refractivity contribution in [1.29, 1.82) is 0 Å². The minimum atomic E-state index is -1.27. The zero-order valence-electron chi connectivity index (χ0n) is 29.2. The van der Waals surface area contributed by atoms with Crippen molar-refractivity contribution in [1.82, 2.24) is 5.32 Å². The van der Waals surface area contributed by atoms with Gasteiger partial charge in [0.05, 0.1) is 18.8 Å². The first kappa shape index (κ1) is 43.0. The number of aliphatic hydroxyl groups excluding tert-OH is 4. The summed E-state index contributed by atoms with van der Waals surface area (Å²) in [4.78, 5) is 12.4. The number of carbonyl (C=O) groups is 1. The molecule has 0 spiro atoms. The molecule has 2 unspecified atom stereocenters. The van der Waals surface area contributed by atoms with E-state index in [9.17, 15) is 25.2 Å². The molecule has 0 saturated carbocycles. The SMILES string of the molecule is CCCCC/C=C/CCCC(O)[C@@H](O)C(CO)NC(=O)[C@H](O)CCCCCCCCCCCCCCCCCCCCCC. The number of hydrogen-bond acceptors (Lipinski definition) is 5. The standard InChI is InChI=1S/C38H75NO5/c1-3-5-7-9-11-13-14-15-16-17-18-19-20-21-22-23-24-26-28-30-32-36(42)38(44)39-34(33-40)37(43)35(41)31-29-27-25-12-10-8-6-4-2/h12,25,34-37,40-43H,3-11,13-24,26-33H2,1-2H3,(H,39,44)/b25-12+/t34?,35?,36-,37+/m1/s1. The Kier molecular flexibility index (Phi) is 32.7. The molecular formula is C38H75NO5. The van der Waals surface area contributed by atoms with E-state index < -0.39 is 36.9 Å². The van der Waals surface area contributed by atoms with Crippen molar-refractivity contribution in [2.24, 2.45) is 0 Å². The van der Waals surface area contributed by atoms with Crippen molar-refractivity contribution < 1.29 is 25.2 Å². The largest absolute Gasteiger partial charge is 0.394 e. The smallest absolute Gasteiger partial charge is 0.249 e. The Morgan fingerprint density at radius 2 is 0.932 bits per heavy atom. The topological polar surface area (TPSA) is 110 Å². The predicted octanol–water partition coefficient (Wildman–Crippen LogP) is 9.07. The molecule has 0 aliphatic rings. The normalized spacial score (nSPS) is 14.6. The molecule has 1 amide bonds. The van der Waals surface area contributed by atoms with Gasteiger partial charge in [0.2, 0.25) is 5.91 Å². The maximum Gasteiger partial charge on any atom is 0.249 e. The molecule has 0 rings (SSSR count). The summed E-state index contributed by atoms with van der Waals surface area (Å²) in [5.74, 6) is -0.594. The van der Waals surface area contributed by atoms with E-state index >= 15 is 0 Å². The fourth-order valence-electron chi connectivity index (χ4n) is 5.87. The van der Waals surface area contributed by atoms with Crippen molar-refractivity contribution in [3.05, 3.63) is 12.2 Å². The lowest BCUT2D eigenvalue weighted by Crippen LogP contribution is -2.53. The van der Waals surface area contributed by atoms with Gasteiger partial charge in [-0.25, -0.2) is 0 Å². The molecule has 0 aromatic carbocycles. The van der Waals surface area contributed by atoms with Gasteiger partial charge in [-0.3, -0.25) is 4.79 Å². The number of amides is 1. The van der Waals surface area contributed by atoms with Crippen LogP contribution in [0, 0.1) is 0 Å². The third-order valence-corrected chi connectivity index (χ3v) is 8.98. The Labute approximate surface area is 272 Å². The van der Waals surface area contributed by atoms with Gasteiger partial charge in [-0.15, -0.1) is 0 Å². The molecule has 0 bridgehead atoms. The van der Waals surface area contributed by atoms with E-state index in [1.807, 2.05) is 0 Å². The zero-order chi connectivity index (χ0) is 32.5. The highest BCUT2D eigenvalue weighted by atomic mass is 16.3. The lowest BCUT2D eigenvalue weighted by atomic mass is 10.00. The molecule has 4 atom stereocenters. The average Bonchev–Trinajstić information content (AvgIpc) is 3.03. The molecule has 6 heteroatoms. The number of unbranched alkanes of at least 4 members (excludes halogenated alkanes) is 23. The summed E-state index contributed by atoms with van der Waals surface area (Å²) in [5, 5.41) is 43.2. The summed E-state index contributed by atoms with van der Waals surface area (Å²) < 4.78 is 0. The van der Waals surface area contributed by atoms with Gasteiger partial charge in [-0.05, 0) is 38.5 Å². The van der Waals surface area contributed by atoms with Crippen LogP contribution in [0.3, 0.4) is 0 Å². The summed E-state index contributed by atoms with van der Waals surface area (Å²) >= 11 is 0. The lowest BCUT2D eigenvalue weighted by molar-refractivity contribution is -0.132. The van der Waals surface area contributed by atoms with Crippen LogP contribution in [0.1, 0.15) is 194 Å². The number of rotatable bonds is 34. The van der Waals surface area contributed by atoms with Crippen molar-refractivity contribution in [2.75, 3.05) is 6.61 Å². The summed E-state index contributed by atoms with van der Waals surface area (Å²) in [6.45, 7) is 3.97. The second-order valence-electron chi connectivity index (χ2n) is 13.3. The highest BCUT2D eigenvalue weighted by Crippen LogP contribution is 2.16. The molecule has 6 nitrogen and oxygen atoms in total. The first-order valence-corrected chi connectivity index (χ1v) is 19.1. The Morgan fingerprint density at radius 3 is 1.36 bits per heavy atom. The van der Waals surface area contributed by atoms with E-state index in [1.54, 1.807) is 0 Å². The molecule has 0 aromatic rings. The van der Waals surface area contributed by atoms with Gasteiger partial charge in [0, 0.05) is 0 Å². The monoisotopic (exact) mass is 626 g/mol. The summed E-state index contributed by atoms with van der Waals surface area (Å²) in [6, 6.07) is -0.994. The van der Waals surface area contributed by atoms with Crippen LogP contribution in [0.25, 0.3) is 0 Å². The highest BCUT2D eigenvalue weighted by Gasteiger charge is 2.28. The van der Waals surface area contributed by atoms with Crippen LogP contribution >= 0.6 is 0 Å². The van der Waals surface area contributed by atoms with E-state index in [0.717, 1.165) is 38.5 Å². The number of nitrogens with one attached hydrogen (secondary N) is 1. The minimum absolute atomic E-state index is 0.367. The van der Waals surface area contributed by atoms with Gasteiger partial charge in [0.15, 0.2) is 0 Å². The van der Waals surface area contributed by atoms with Crippen LogP contribution < -0.4 is 5.32 Å². The van der Waals surface area contributed by atoms with Crippen molar-refractivity contribution in [3.63, 3.8) is 0 Å². The average molecular weight is 626 g/mol. The number of carbonyl (C=O) groups excluding carboxylic acids is 1. The predicted molar refractivity (Wildman–Crippen MR) is 187 cm³/mol. The molecule has 5 N–H and O–H groups in total. The van der Waals surface area contributed by atoms with Gasteiger partial charge in [0.1, 0.15) is 12.2 Å². The molecule has 0 heterocycles. The fraction of sp³-hybridized carbons (Fsp3) is 0.921. The van der Waals surface area contributed by atoms with Crippen molar-refractivity contribution in [2.45, 2.75) is 218 Å². The van der Waals surface area contributed by atoms with Gasteiger partial charge in [0.25, 0.3) is 0 Å². The maximum absolute atomic E-state index is 12.4. The first-order valence-electron chi connectivity index (χ1n) is 19.1. The minimum Gasteiger partial charge on any atom is -0.394 e. The molecule has 0 saturated heterocycles. The van der Waals surface area contributed by atoms with E-state index in [2.05, 4.69) is 31.3 Å². The van der Waals surface area contributed by atoms with Crippen LogP contribution in [0.2, 0.25) is 0 Å². The molecule has 0 radical (unpaired) electrons. The zero-order valence-corrected chi connectivity index (χ0v) is 29.2. The van der Waals surface area contributed by atoms with Gasteiger partial charge in [-0.2, -0.15) is 0 Å². The van der Waals surface area contributed by atoms with Gasteiger partial charge in [-0.1, -0.05) is 167 Å². The van der Waals surface area contributed by atoms with Crippen LogP contribution in [-0.2, 0) is 4.79 Å². The Balaban J connectivity index is 3.70. The Hall–Kier alpha value is -0.950. The van der Waals surface area contributed by atoms with E-state index in [4.69, 9.17) is 0 Å². The van der Waals surface area contributed by atoms with Crippen LogP contribution in [0.15, 0.2) is 12.2 Å². The molecule has 44 heavy (non-hydrogen) atoms. The third-order valence-electron chi connectivity index (χ3n) is 8.98. The quantitative estimate of drug-likeness (QED) is 0.0362. The number of aliphatic hydroxyl groups is 4. The molecule has 0 aliphatic carbocycles. The lowest BCUT2D eigenvalue weighted by Gasteiger charge is -2.27. The number of allylic oxidation sites excluding steroid dienone is 2. The van der Waals surface area contributed by atoms with Crippen LogP contribution in [0.4, 0.5) is 0 Å². The Bertz CT molecular complexity index is 628. The first-order chi connectivity index (χ1) is 21.5. The van der Waals surface area contributed by atoms with Gasteiger partial charge < -0.3 is 25.7 Å². The molecule has 0 aliphatic heterocycles. The van der Waals surface area contributed by atoms with Crippen molar-refractivity contribution >= 4 is 5.91 Å². The Morgan fingerprint density at radius 1 is 0.545 bits per heavy atom. The van der Waals surface area contributed by atoms with Crippen molar-refractivity contribution in [3.8, 4) is 0 Å². The second kappa shape index (κ2) is 33.4. The second-order valence-corrected chi connectivity index (χ2v) is 13.3. The molecule has 0 aromatic heterocycles. The summed E-state index contributed by atoms with van der Waals surface area (Å²) in [5.41, 5.74) is 0. The molecule has 262 valence electrons. The number of hydrogen-bond donors (Lipinski definition) is 5. The van der Waals surface area contributed by atoms with Crippen LogP contribution in [-0.4, -0.2) is 57.3 Å². The van der Waals surface area contributed by atoms with E-state index in [0.29, 0.717) is 12.8 Å². The van der Waals surface area contributed by atoms with Crippen LogP contribution in [0.5, 0.6) is 0 Å². The highest BCUT2D eigenvalue weighted by molar-refractivity contribution is 5.80. The maximum atomic E-state index is 12.4. The summed E-state index contributed by atoms with van der Waals surface area (Å²) in [6.07, 6.45) is 34.0. The summed E-state index contributed by atoms with van der Waals surface area (Å²) in [7, 11) is 0. The third kappa shape index (κ3) is 27.4. The molecule has 0 fully saturated rings.